The minimum Gasteiger partial charge on any atom is -0.506 e. The summed E-state index contributed by atoms with van der Waals surface area (Å²) in [5.41, 5.74) is 0.319. The number of rotatable bonds is 1. The number of hydrogen-bond donors (Lipinski definition) is 1. The summed E-state index contributed by atoms with van der Waals surface area (Å²) in [5, 5.41) is 9.85. The second kappa shape index (κ2) is 4.37. The molecule has 0 spiro atoms. The van der Waals surface area contributed by atoms with Gasteiger partial charge in [-0.1, -0.05) is 19.1 Å². The van der Waals surface area contributed by atoms with Gasteiger partial charge in [0, 0.05) is 0 Å². The summed E-state index contributed by atoms with van der Waals surface area (Å²) >= 11 is 0. The quantitative estimate of drug-likeness (QED) is 0.787. The summed E-state index contributed by atoms with van der Waals surface area (Å²) in [6.45, 7) is 2.12. The van der Waals surface area contributed by atoms with Gasteiger partial charge in [-0.25, -0.2) is 4.90 Å². The number of hydrogen-bond acceptors (Lipinski definition) is 3. The first kappa shape index (κ1) is 12.2. The largest absolute Gasteiger partial charge is 0.506 e. The predicted molar refractivity (Wildman–Crippen MR) is 70.6 cm³/mol. The van der Waals surface area contributed by atoms with E-state index in [-0.39, 0.29) is 29.4 Å². The van der Waals surface area contributed by atoms with Crippen LogP contribution in [0, 0.1) is 17.8 Å². The standard InChI is InChI=1S/C15H17NO3/c1-9-6-7-10-11(8-9)15(19)16(14(10)18)12-4-2-3-5-13(12)17/h2-5,9-11,17H,6-8H2,1H3/t9-,10+,11+/m0/s1. The lowest BCUT2D eigenvalue weighted by atomic mass is 9.76. The van der Waals surface area contributed by atoms with Gasteiger partial charge in [0.1, 0.15) is 5.75 Å². The Morgan fingerprint density at radius 1 is 1.11 bits per heavy atom. The number of carbonyl (C=O) groups excluding carboxylic acids is 2. The molecule has 1 aliphatic carbocycles. The molecule has 2 amide bonds. The van der Waals surface area contributed by atoms with Gasteiger partial charge in [-0.2, -0.15) is 0 Å². The molecule has 2 fully saturated rings. The Labute approximate surface area is 112 Å². The molecule has 4 nitrogen and oxygen atoms in total. The molecule has 4 heteroatoms. The van der Waals surface area contributed by atoms with Gasteiger partial charge >= 0.3 is 0 Å². The topological polar surface area (TPSA) is 57.6 Å². The van der Waals surface area contributed by atoms with Gasteiger partial charge in [0.25, 0.3) is 0 Å². The molecule has 0 bridgehead atoms. The normalized spacial score (nSPS) is 30.6. The minimum atomic E-state index is -0.198. The smallest absolute Gasteiger partial charge is 0.237 e. The van der Waals surface area contributed by atoms with E-state index in [2.05, 4.69) is 6.92 Å². The molecule has 1 saturated carbocycles. The first-order chi connectivity index (χ1) is 9.09. The van der Waals surface area contributed by atoms with Crippen molar-refractivity contribution in [3.8, 4) is 5.75 Å². The van der Waals surface area contributed by atoms with Gasteiger partial charge in [0.2, 0.25) is 11.8 Å². The predicted octanol–water partition coefficient (Wildman–Crippen LogP) is 2.32. The molecular weight excluding hydrogens is 242 g/mol. The van der Waals surface area contributed by atoms with Crippen LogP contribution in [0.5, 0.6) is 5.75 Å². The van der Waals surface area contributed by atoms with E-state index >= 15 is 0 Å². The number of amides is 2. The van der Waals surface area contributed by atoms with E-state index in [1.807, 2.05) is 0 Å². The highest BCUT2D eigenvalue weighted by Crippen LogP contribution is 2.43. The molecule has 0 aromatic heterocycles. The number of carbonyl (C=O) groups is 2. The van der Waals surface area contributed by atoms with Crippen molar-refractivity contribution in [2.75, 3.05) is 4.90 Å². The van der Waals surface area contributed by atoms with Crippen molar-refractivity contribution in [1.82, 2.24) is 0 Å². The molecular formula is C15H17NO3. The molecule has 1 aromatic carbocycles. The zero-order chi connectivity index (χ0) is 13.6. The average molecular weight is 259 g/mol. The number of fused-ring (bicyclic) bond motifs is 1. The molecule has 0 radical (unpaired) electrons. The Hall–Kier alpha value is -1.84. The summed E-state index contributed by atoms with van der Waals surface area (Å²) in [4.78, 5) is 26.0. The van der Waals surface area contributed by atoms with Gasteiger partial charge in [-0.15, -0.1) is 0 Å². The van der Waals surface area contributed by atoms with Crippen LogP contribution >= 0.6 is 0 Å². The average Bonchev–Trinajstić information content (AvgIpc) is 2.63. The fraction of sp³-hybridized carbons (Fsp3) is 0.467. The van der Waals surface area contributed by atoms with E-state index in [1.165, 1.54) is 11.0 Å². The number of anilines is 1. The Kier molecular flexibility index (Phi) is 2.81. The summed E-state index contributed by atoms with van der Waals surface area (Å²) in [6, 6.07) is 6.52. The molecule has 1 N–H and O–H groups in total. The van der Waals surface area contributed by atoms with E-state index in [1.54, 1.807) is 18.2 Å². The Bertz CT molecular complexity index is 540. The molecule has 1 aromatic rings. The molecule has 1 aliphatic heterocycles. The highest BCUT2D eigenvalue weighted by Gasteiger charge is 2.50. The minimum absolute atomic E-state index is 0.0177. The third kappa shape index (κ3) is 1.82. The van der Waals surface area contributed by atoms with Crippen molar-refractivity contribution in [2.45, 2.75) is 26.2 Å². The van der Waals surface area contributed by atoms with E-state index in [9.17, 15) is 14.7 Å². The molecule has 3 rings (SSSR count). The van der Waals surface area contributed by atoms with Crippen LogP contribution in [0.2, 0.25) is 0 Å². The fourth-order valence-corrected chi connectivity index (χ4v) is 3.28. The van der Waals surface area contributed by atoms with Gasteiger partial charge in [0.15, 0.2) is 0 Å². The lowest BCUT2D eigenvalue weighted by Gasteiger charge is -2.25. The van der Waals surface area contributed by atoms with Crippen LogP contribution < -0.4 is 4.90 Å². The first-order valence-electron chi connectivity index (χ1n) is 6.75. The molecule has 0 unspecified atom stereocenters. The number of phenols is 1. The van der Waals surface area contributed by atoms with Crippen molar-refractivity contribution in [3.63, 3.8) is 0 Å². The van der Waals surface area contributed by atoms with Crippen LogP contribution in [-0.2, 0) is 9.59 Å². The maximum Gasteiger partial charge on any atom is 0.237 e. The third-order valence-corrected chi connectivity index (χ3v) is 4.31. The van der Waals surface area contributed by atoms with E-state index < -0.39 is 0 Å². The van der Waals surface area contributed by atoms with Crippen molar-refractivity contribution in [1.29, 1.82) is 0 Å². The second-order valence-electron chi connectivity index (χ2n) is 5.63. The van der Waals surface area contributed by atoms with Crippen LogP contribution in [0.4, 0.5) is 5.69 Å². The van der Waals surface area contributed by atoms with Gasteiger partial charge < -0.3 is 5.11 Å². The number of phenolic OH excluding ortho intramolecular Hbond substituents is 1. The number of para-hydroxylation sites is 2. The lowest BCUT2D eigenvalue weighted by Crippen LogP contribution is -2.30. The van der Waals surface area contributed by atoms with Crippen molar-refractivity contribution in [2.24, 2.45) is 17.8 Å². The van der Waals surface area contributed by atoms with E-state index in [0.717, 1.165) is 19.3 Å². The molecule has 19 heavy (non-hydrogen) atoms. The summed E-state index contributed by atoms with van der Waals surface area (Å²) in [6.07, 6.45) is 2.55. The Morgan fingerprint density at radius 2 is 1.79 bits per heavy atom. The van der Waals surface area contributed by atoms with E-state index in [4.69, 9.17) is 0 Å². The fourth-order valence-electron chi connectivity index (χ4n) is 3.28. The van der Waals surface area contributed by atoms with Crippen LogP contribution in [0.1, 0.15) is 26.2 Å². The van der Waals surface area contributed by atoms with Crippen molar-refractivity contribution in [3.05, 3.63) is 24.3 Å². The summed E-state index contributed by atoms with van der Waals surface area (Å²) in [7, 11) is 0. The number of aromatic hydroxyl groups is 1. The number of nitrogens with zero attached hydrogens (tertiary/aromatic N) is 1. The SMILES string of the molecule is C[C@H]1CC[C@H]2C(=O)N(c3ccccc3O)C(=O)[C@@H]2C1. The monoisotopic (exact) mass is 259 g/mol. The summed E-state index contributed by atoms with van der Waals surface area (Å²) < 4.78 is 0. The molecule has 3 atom stereocenters. The van der Waals surface area contributed by atoms with Crippen LogP contribution in [0.25, 0.3) is 0 Å². The Balaban J connectivity index is 1.98. The van der Waals surface area contributed by atoms with Crippen LogP contribution in [-0.4, -0.2) is 16.9 Å². The lowest BCUT2D eigenvalue weighted by molar-refractivity contribution is -0.122. The maximum absolute atomic E-state index is 12.4. The van der Waals surface area contributed by atoms with E-state index in [0.29, 0.717) is 11.6 Å². The van der Waals surface area contributed by atoms with Crippen LogP contribution in [0.3, 0.4) is 0 Å². The zero-order valence-electron chi connectivity index (χ0n) is 10.9. The third-order valence-electron chi connectivity index (χ3n) is 4.31. The molecule has 100 valence electrons. The highest BCUT2D eigenvalue weighted by atomic mass is 16.3. The maximum atomic E-state index is 12.4. The van der Waals surface area contributed by atoms with Crippen LogP contribution in [0.15, 0.2) is 24.3 Å². The highest BCUT2D eigenvalue weighted by molar-refractivity contribution is 6.22. The van der Waals surface area contributed by atoms with Gasteiger partial charge in [0.05, 0.1) is 17.5 Å². The molecule has 2 aliphatic rings. The van der Waals surface area contributed by atoms with Crippen molar-refractivity contribution >= 4 is 17.5 Å². The summed E-state index contributed by atoms with van der Waals surface area (Å²) in [5.74, 6) is -0.219. The van der Waals surface area contributed by atoms with Gasteiger partial charge in [-0.3, -0.25) is 9.59 Å². The first-order valence-corrected chi connectivity index (χ1v) is 6.75. The Morgan fingerprint density at radius 3 is 2.53 bits per heavy atom. The van der Waals surface area contributed by atoms with Crippen molar-refractivity contribution < 1.29 is 14.7 Å². The molecule has 1 heterocycles. The second-order valence-corrected chi connectivity index (χ2v) is 5.63. The molecule has 1 saturated heterocycles. The van der Waals surface area contributed by atoms with Gasteiger partial charge in [-0.05, 0) is 37.3 Å². The number of benzene rings is 1. The zero-order valence-corrected chi connectivity index (χ0v) is 10.9. The number of imide groups is 1.